The van der Waals surface area contributed by atoms with Gasteiger partial charge in [0.1, 0.15) is 5.60 Å². The summed E-state index contributed by atoms with van der Waals surface area (Å²) in [4.78, 5) is 14.1. The average Bonchev–Trinajstić information content (AvgIpc) is 2.49. The van der Waals surface area contributed by atoms with E-state index in [2.05, 4.69) is 0 Å². The van der Waals surface area contributed by atoms with Crippen LogP contribution in [0.1, 0.15) is 59.6 Å². The SMILES string of the molecule is CC(C)(C)OC(=O)N1CCc2c([B]OC(C)(C)C(C)(C)O)cccc2C1. The van der Waals surface area contributed by atoms with E-state index < -0.39 is 16.8 Å². The Morgan fingerprint density at radius 2 is 1.81 bits per heavy atom. The number of nitrogens with zero attached hydrogens (tertiary/aromatic N) is 1. The van der Waals surface area contributed by atoms with Gasteiger partial charge in [-0.05, 0) is 71.5 Å². The molecule has 1 aromatic rings. The van der Waals surface area contributed by atoms with E-state index in [9.17, 15) is 9.90 Å². The first-order chi connectivity index (χ1) is 11.8. The zero-order valence-electron chi connectivity index (χ0n) is 17.0. The van der Waals surface area contributed by atoms with Crippen molar-refractivity contribution in [1.82, 2.24) is 4.90 Å². The van der Waals surface area contributed by atoms with Crippen LogP contribution in [0, 0.1) is 0 Å². The Kier molecular flexibility index (Phi) is 5.79. The molecule has 1 amide bonds. The average molecular weight is 360 g/mol. The number of carbonyl (C=O) groups is 1. The molecule has 5 nitrogen and oxygen atoms in total. The van der Waals surface area contributed by atoms with Crippen LogP contribution in [0.15, 0.2) is 18.2 Å². The molecule has 2 rings (SSSR count). The highest BCUT2D eigenvalue weighted by atomic mass is 16.6. The van der Waals surface area contributed by atoms with Crippen LogP contribution in [-0.2, 0) is 22.4 Å². The van der Waals surface area contributed by atoms with E-state index >= 15 is 0 Å². The molecule has 1 N–H and O–H groups in total. The molecule has 143 valence electrons. The summed E-state index contributed by atoms with van der Waals surface area (Å²) in [5.41, 5.74) is 1.09. The van der Waals surface area contributed by atoms with Gasteiger partial charge in [0.05, 0.1) is 11.2 Å². The molecule has 0 aliphatic carbocycles. The second-order valence-corrected chi connectivity index (χ2v) is 8.94. The van der Waals surface area contributed by atoms with E-state index in [1.807, 2.05) is 52.8 Å². The highest BCUT2D eigenvalue weighted by molar-refractivity contribution is 6.47. The summed E-state index contributed by atoms with van der Waals surface area (Å²) in [5, 5.41) is 10.2. The zero-order chi connectivity index (χ0) is 19.8. The number of fused-ring (bicyclic) bond motifs is 1. The Bertz CT molecular complexity index is 659. The Hall–Kier alpha value is -1.53. The summed E-state index contributed by atoms with van der Waals surface area (Å²) in [7, 11) is 1.72. The number of carbonyl (C=O) groups excluding carboxylic acids is 1. The van der Waals surface area contributed by atoms with Crippen molar-refractivity contribution in [2.75, 3.05) is 6.54 Å². The highest BCUT2D eigenvalue weighted by Crippen LogP contribution is 2.25. The maximum Gasteiger partial charge on any atom is 0.410 e. The first kappa shape index (κ1) is 20.8. The normalized spacial score (nSPS) is 15.5. The number of ether oxygens (including phenoxy) is 1. The summed E-state index contributed by atoms with van der Waals surface area (Å²) in [6, 6.07) is 6.00. The second kappa shape index (κ2) is 7.24. The number of hydrogen-bond donors (Lipinski definition) is 1. The van der Waals surface area contributed by atoms with Gasteiger partial charge in [0.2, 0.25) is 0 Å². The quantitative estimate of drug-likeness (QED) is 0.839. The molecule has 0 spiro atoms. The van der Waals surface area contributed by atoms with Gasteiger partial charge < -0.3 is 19.4 Å². The van der Waals surface area contributed by atoms with Crippen molar-refractivity contribution in [3.05, 3.63) is 29.3 Å². The maximum absolute atomic E-state index is 12.3. The van der Waals surface area contributed by atoms with E-state index in [4.69, 9.17) is 9.39 Å². The van der Waals surface area contributed by atoms with Gasteiger partial charge in [-0.2, -0.15) is 0 Å². The Balaban J connectivity index is 2.10. The summed E-state index contributed by atoms with van der Waals surface area (Å²) in [6.45, 7) is 14.0. The minimum atomic E-state index is -0.966. The molecule has 26 heavy (non-hydrogen) atoms. The predicted octanol–water partition coefficient (Wildman–Crippen LogP) is 2.79. The van der Waals surface area contributed by atoms with Gasteiger partial charge in [-0.25, -0.2) is 4.79 Å². The highest BCUT2D eigenvalue weighted by Gasteiger charge is 2.36. The molecule has 1 radical (unpaired) electrons. The van der Waals surface area contributed by atoms with Gasteiger partial charge in [-0.15, -0.1) is 0 Å². The smallest absolute Gasteiger partial charge is 0.410 e. The van der Waals surface area contributed by atoms with Crippen molar-refractivity contribution in [3.63, 3.8) is 0 Å². The fourth-order valence-corrected chi connectivity index (χ4v) is 2.59. The van der Waals surface area contributed by atoms with Crippen molar-refractivity contribution in [2.45, 2.75) is 78.2 Å². The van der Waals surface area contributed by atoms with Crippen molar-refractivity contribution in [1.29, 1.82) is 0 Å². The van der Waals surface area contributed by atoms with Crippen molar-refractivity contribution >= 4 is 19.0 Å². The molecular weight excluding hydrogens is 329 g/mol. The molecule has 1 heterocycles. The minimum absolute atomic E-state index is 0.281. The first-order valence-corrected chi connectivity index (χ1v) is 9.12. The molecule has 1 aromatic carbocycles. The second-order valence-electron chi connectivity index (χ2n) is 8.94. The van der Waals surface area contributed by atoms with Crippen LogP contribution in [0.25, 0.3) is 0 Å². The molecule has 0 saturated heterocycles. The summed E-state index contributed by atoms with van der Waals surface area (Å²) >= 11 is 0. The van der Waals surface area contributed by atoms with E-state index in [1.54, 1.807) is 26.2 Å². The number of aliphatic hydroxyl groups is 1. The first-order valence-electron chi connectivity index (χ1n) is 9.12. The zero-order valence-corrected chi connectivity index (χ0v) is 17.0. The van der Waals surface area contributed by atoms with Gasteiger partial charge in [0, 0.05) is 13.1 Å². The molecule has 1 aliphatic rings. The molecule has 1 aliphatic heterocycles. The fraction of sp³-hybridized carbons (Fsp3) is 0.650. The van der Waals surface area contributed by atoms with Crippen LogP contribution in [0.5, 0.6) is 0 Å². The molecule has 0 unspecified atom stereocenters. The lowest BCUT2D eigenvalue weighted by Gasteiger charge is -2.38. The van der Waals surface area contributed by atoms with E-state index in [0.717, 1.165) is 17.4 Å². The summed E-state index contributed by atoms with van der Waals surface area (Å²) in [5.74, 6) is 0. The molecule has 0 atom stereocenters. The number of benzene rings is 1. The van der Waals surface area contributed by atoms with Crippen molar-refractivity contribution in [2.24, 2.45) is 0 Å². The van der Waals surface area contributed by atoms with Crippen LogP contribution in [0.2, 0.25) is 0 Å². The summed E-state index contributed by atoms with van der Waals surface area (Å²) < 4.78 is 11.4. The van der Waals surface area contributed by atoms with Crippen LogP contribution < -0.4 is 5.46 Å². The summed E-state index contributed by atoms with van der Waals surface area (Å²) in [6.07, 6.45) is 0.463. The molecule has 0 aromatic heterocycles. The Labute approximate surface area is 157 Å². The van der Waals surface area contributed by atoms with Crippen molar-refractivity contribution in [3.8, 4) is 0 Å². The van der Waals surface area contributed by atoms with Gasteiger partial charge in [-0.3, -0.25) is 0 Å². The predicted molar refractivity (Wildman–Crippen MR) is 104 cm³/mol. The maximum atomic E-state index is 12.3. The number of hydrogen-bond acceptors (Lipinski definition) is 4. The standard InChI is InChI=1S/C20H31BNO4/c1-18(2,3)25-17(23)22-12-11-15-14(13-22)9-8-10-16(15)21-26-20(6,7)19(4,5)24/h8-10,24H,11-13H2,1-7H3. The monoisotopic (exact) mass is 360 g/mol. The third-order valence-electron chi connectivity index (χ3n) is 4.91. The Morgan fingerprint density at radius 1 is 1.15 bits per heavy atom. The molecule has 0 fully saturated rings. The molecule has 0 bridgehead atoms. The molecular formula is C20H31BNO4. The third kappa shape index (κ3) is 5.01. The van der Waals surface area contributed by atoms with Crippen LogP contribution in [0.3, 0.4) is 0 Å². The van der Waals surface area contributed by atoms with Crippen LogP contribution >= 0.6 is 0 Å². The number of rotatable bonds is 4. The lowest BCUT2D eigenvalue weighted by atomic mass is 9.77. The largest absolute Gasteiger partial charge is 0.444 e. The Morgan fingerprint density at radius 3 is 2.38 bits per heavy atom. The topological polar surface area (TPSA) is 59.0 Å². The van der Waals surface area contributed by atoms with Gasteiger partial charge in [-0.1, -0.05) is 18.2 Å². The lowest BCUT2D eigenvalue weighted by Crippen LogP contribution is -2.49. The van der Waals surface area contributed by atoms with Crippen LogP contribution in [-0.4, -0.2) is 46.9 Å². The van der Waals surface area contributed by atoms with Gasteiger partial charge in [0.25, 0.3) is 0 Å². The fourth-order valence-electron chi connectivity index (χ4n) is 2.59. The van der Waals surface area contributed by atoms with Crippen LogP contribution in [0.4, 0.5) is 4.79 Å². The number of amides is 1. The molecule has 0 saturated carbocycles. The van der Waals surface area contributed by atoms with E-state index in [0.29, 0.717) is 13.1 Å². The third-order valence-corrected chi connectivity index (χ3v) is 4.91. The van der Waals surface area contributed by atoms with E-state index in [-0.39, 0.29) is 6.09 Å². The lowest BCUT2D eigenvalue weighted by molar-refractivity contribution is -0.0893. The van der Waals surface area contributed by atoms with E-state index in [1.165, 1.54) is 5.56 Å². The van der Waals surface area contributed by atoms with Gasteiger partial charge >= 0.3 is 13.6 Å². The molecule has 6 heteroatoms. The minimum Gasteiger partial charge on any atom is -0.444 e. The van der Waals surface area contributed by atoms with Crippen molar-refractivity contribution < 1.29 is 19.3 Å². The van der Waals surface area contributed by atoms with Gasteiger partial charge in [0.15, 0.2) is 0 Å².